The molecule has 0 N–H and O–H groups in total. The standard InChI is InChI=1S/C56H35N3/c1-2-13-36(14-3-1)41-17-12-18-42(35-41)37-25-27-40(28-26-37)55-48-23-10-11-24-49(48)57-56(58-55)47-31-34-50(46-22-9-8-21-45(46)47)59-51-32-29-38-15-4-6-19-43(38)53(51)54-44-20-7-5-16-39(44)30-33-52(54)59/h1-35H. The fraction of sp³-hybridized carbons (Fsp3) is 0. The van der Waals surface area contributed by atoms with Crippen LogP contribution in [-0.2, 0) is 0 Å². The summed E-state index contributed by atoms with van der Waals surface area (Å²) in [7, 11) is 0. The summed E-state index contributed by atoms with van der Waals surface area (Å²) in [6, 6.07) is 76.2. The number of hydrogen-bond acceptors (Lipinski definition) is 2. The molecule has 0 fully saturated rings. The average Bonchev–Trinajstić information content (AvgIpc) is 3.66. The Labute approximate surface area is 341 Å². The van der Waals surface area contributed by atoms with Crippen LogP contribution in [0.5, 0.6) is 0 Å². The van der Waals surface area contributed by atoms with Crippen LogP contribution in [0.3, 0.4) is 0 Å². The summed E-state index contributed by atoms with van der Waals surface area (Å²) in [5, 5.41) is 10.8. The largest absolute Gasteiger partial charge is 0.309 e. The molecule has 0 unspecified atom stereocenters. The highest BCUT2D eigenvalue weighted by molar-refractivity contribution is 6.29. The van der Waals surface area contributed by atoms with Gasteiger partial charge in [0, 0.05) is 32.7 Å². The topological polar surface area (TPSA) is 30.7 Å². The third kappa shape index (κ3) is 5.36. The fourth-order valence-electron chi connectivity index (χ4n) is 9.23. The van der Waals surface area contributed by atoms with Gasteiger partial charge in [-0.25, -0.2) is 9.97 Å². The molecule has 0 amide bonds. The number of para-hydroxylation sites is 1. The van der Waals surface area contributed by atoms with E-state index in [4.69, 9.17) is 9.97 Å². The van der Waals surface area contributed by atoms with Crippen molar-refractivity contribution in [3.8, 4) is 50.6 Å². The van der Waals surface area contributed by atoms with Crippen LogP contribution in [0.15, 0.2) is 212 Å². The van der Waals surface area contributed by atoms with Crippen LogP contribution < -0.4 is 0 Å². The highest BCUT2D eigenvalue weighted by Gasteiger charge is 2.20. The Bertz CT molecular complexity index is 3510. The van der Waals surface area contributed by atoms with E-state index in [-0.39, 0.29) is 0 Å². The first-order valence-electron chi connectivity index (χ1n) is 20.2. The van der Waals surface area contributed by atoms with Crippen molar-refractivity contribution >= 4 is 65.0 Å². The molecule has 0 spiro atoms. The molecular weight excluding hydrogens is 715 g/mol. The van der Waals surface area contributed by atoms with Gasteiger partial charge in [0.1, 0.15) is 0 Å². The van der Waals surface area contributed by atoms with Crippen LogP contribution in [-0.4, -0.2) is 14.5 Å². The van der Waals surface area contributed by atoms with Gasteiger partial charge < -0.3 is 4.57 Å². The summed E-state index contributed by atoms with van der Waals surface area (Å²) in [4.78, 5) is 10.6. The lowest BCUT2D eigenvalue weighted by atomic mass is 9.97. The van der Waals surface area contributed by atoms with E-state index in [1.165, 1.54) is 60.0 Å². The maximum atomic E-state index is 5.39. The van der Waals surface area contributed by atoms with Crippen LogP contribution in [0.4, 0.5) is 0 Å². The van der Waals surface area contributed by atoms with Crippen molar-refractivity contribution in [2.24, 2.45) is 0 Å². The van der Waals surface area contributed by atoms with Crippen molar-refractivity contribution in [1.82, 2.24) is 14.5 Å². The van der Waals surface area contributed by atoms with Crippen molar-refractivity contribution in [2.75, 3.05) is 0 Å². The van der Waals surface area contributed by atoms with E-state index < -0.39 is 0 Å². The van der Waals surface area contributed by atoms with Gasteiger partial charge in [-0.3, -0.25) is 0 Å². The predicted molar refractivity (Wildman–Crippen MR) is 248 cm³/mol. The van der Waals surface area contributed by atoms with Gasteiger partial charge >= 0.3 is 0 Å². The molecule has 0 bridgehead atoms. The van der Waals surface area contributed by atoms with E-state index in [2.05, 4.69) is 217 Å². The van der Waals surface area contributed by atoms with Crippen LogP contribution in [0.25, 0.3) is 116 Å². The maximum absolute atomic E-state index is 5.39. The molecule has 0 aliphatic rings. The van der Waals surface area contributed by atoms with E-state index in [9.17, 15) is 0 Å². The van der Waals surface area contributed by atoms with Gasteiger partial charge in [-0.05, 0) is 85.6 Å². The zero-order valence-corrected chi connectivity index (χ0v) is 32.0. The molecule has 0 radical (unpaired) electrons. The molecule has 10 aromatic carbocycles. The van der Waals surface area contributed by atoms with E-state index in [1.54, 1.807) is 0 Å². The zero-order valence-electron chi connectivity index (χ0n) is 32.0. The Morgan fingerprint density at radius 3 is 1.53 bits per heavy atom. The Morgan fingerprint density at radius 1 is 0.322 bits per heavy atom. The van der Waals surface area contributed by atoms with Gasteiger partial charge in [0.05, 0.1) is 27.9 Å². The second kappa shape index (κ2) is 13.4. The Hall–Kier alpha value is -7.88. The molecular formula is C56H35N3. The Kier molecular flexibility index (Phi) is 7.54. The molecule has 0 aliphatic carbocycles. The lowest BCUT2D eigenvalue weighted by Crippen LogP contribution is -1.99. The highest BCUT2D eigenvalue weighted by atomic mass is 15.0. The molecule has 0 saturated carbocycles. The number of hydrogen-bond donors (Lipinski definition) is 0. The second-order valence-electron chi connectivity index (χ2n) is 15.3. The average molecular weight is 750 g/mol. The number of fused-ring (bicyclic) bond motifs is 9. The highest BCUT2D eigenvalue weighted by Crippen LogP contribution is 2.43. The Balaban J connectivity index is 1.03. The van der Waals surface area contributed by atoms with Gasteiger partial charge in [0.25, 0.3) is 0 Å². The molecule has 0 atom stereocenters. The predicted octanol–water partition coefficient (Wildman–Crippen LogP) is 14.9. The van der Waals surface area contributed by atoms with Gasteiger partial charge in [0.2, 0.25) is 0 Å². The summed E-state index contributed by atoms with van der Waals surface area (Å²) in [5.41, 5.74) is 12.2. The first-order chi connectivity index (χ1) is 29.3. The van der Waals surface area contributed by atoms with E-state index in [0.29, 0.717) is 5.82 Å². The minimum atomic E-state index is 0.709. The van der Waals surface area contributed by atoms with Gasteiger partial charge in [-0.15, -0.1) is 0 Å². The zero-order chi connectivity index (χ0) is 38.9. The first-order valence-corrected chi connectivity index (χ1v) is 20.2. The molecule has 2 heterocycles. The summed E-state index contributed by atoms with van der Waals surface area (Å²) >= 11 is 0. The van der Waals surface area contributed by atoms with Crippen molar-refractivity contribution in [2.45, 2.75) is 0 Å². The Morgan fingerprint density at radius 2 is 0.847 bits per heavy atom. The third-order valence-corrected chi connectivity index (χ3v) is 12.0. The van der Waals surface area contributed by atoms with Crippen molar-refractivity contribution < 1.29 is 0 Å². The SMILES string of the molecule is c1ccc(-c2cccc(-c3ccc(-c4nc(-c5ccc(-n6c7ccc8ccccc8c7c7c8ccccc8ccc76)c6ccccc56)nc5ccccc45)cc3)c2)cc1. The molecule has 0 aliphatic heterocycles. The van der Waals surface area contributed by atoms with Gasteiger partial charge in [-0.1, -0.05) is 176 Å². The number of aromatic nitrogens is 3. The van der Waals surface area contributed by atoms with Crippen LogP contribution in [0.2, 0.25) is 0 Å². The minimum Gasteiger partial charge on any atom is -0.309 e. The molecule has 12 rings (SSSR count). The molecule has 3 heteroatoms. The van der Waals surface area contributed by atoms with Gasteiger partial charge in [-0.2, -0.15) is 0 Å². The minimum absolute atomic E-state index is 0.709. The molecule has 12 aromatic rings. The molecule has 0 saturated heterocycles. The third-order valence-electron chi connectivity index (χ3n) is 12.0. The molecule has 59 heavy (non-hydrogen) atoms. The lowest BCUT2D eigenvalue weighted by molar-refractivity contribution is 1.19. The maximum Gasteiger partial charge on any atom is 0.161 e. The van der Waals surface area contributed by atoms with Crippen molar-refractivity contribution in [1.29, 1.82) is 0 Å². The van der Waals surface area contributed by atoms with E-state index in [1.807, 2.05) is 0 Å². The van der Waals surface area contributed by atoms with Crippen molar-refractivity contribution in [3.63, 3.8) is 0 Å². The summed E-state index contributed by atoms with van der Waals surface area (Å²) in [6.45, 7) is 0. The normalized spacial score (nSPS) is 11.7. The van der Waals surface area contributed by atoms with Crippen LogP contribution >= 0.6 is 0 Å². The van der Waals surface area contributed by atoms with Crippen LogP contribution in [0.1, 0.15) is 0 Å². The molecule has 2 aromatic heterocycles. The smallest absolute Gasteiger partial charge is 0.161 e. The number of benzene rings is 10. The number of rotatable bonds is 5. The number of nitrogens with zero attached hydrogens (tertiary/aromatic N) is 3. The fourth-order valence-corrected chi connectivity index (χ4v) is 9.23. The molecule has 3 nitrogen and oxygen atoms in total. The van der Waals surface area contributed by atoms with E-state index >= 15 is 0 Å². The van der Waals surface area contributed by atoms with Gasteiger partial charge in [0.15, 0.2) is 5.82 Å². The summed E-state index contributed by atoms with van der Waals surface area (Å²) < 4.78 is 2.46. The lowest BCUT2D eigenvalue weighted by Gasteiger charge is -2.16. The van der Waals surface area contributed by atoms with Crippen molar-refractivity contribution in [3.05, 3.63) is 212 Å². The molecule has 274 valence electrons. The summed E-state index contributed by atoms with van der Waals surface area (Å²) in [5.74, 6) is 0.709. The van der Waals surface area contributed by atoms with E-state index in [0.717, 1.165) is 49.7 Å². The van der Waals surface area contributed by atoms with Crippen LogP contribution in [0, 0.1) is 0 Å². The first kappa shape index (κ1) is 33.3. The monoisotopic (exact) mass is 749 g/mol. The second-order valence-corrected chi connectivity index (χ2v) is 15.3. The quantitative estimate of drug-likeness (QED) is 0.175. The summed E-state index contributed by atoms with van der Waals surface area (Å²) in [6.07, 6.45) is 0.